The van der Waals surface area contributed by atoms with Crippen LogP contribution in [0.25, 0.3) is 11.4 Å². The first-order valence-corrected chi connectivity index (χ1v) is 11.3. The van der Waals surface area contributed by atoms with E-state index in [0.29, 0.717) is 19.4 Å². The molecule has 9 nitrogen and oxygen atoms in total. The molecule has 182 valence electrons. The molecule has 2 aliphatic heterocycles. The van der Waals surface area contributed by atoms with Crippen LogP contribution in [0.3, 0.4) is 0 Å². The van der Waals surface area contributed by atoms with Crippen molar-refractivity contribution in [3.05, 3.63) is 57.7 Å². The van der Waals surface area contributed by atoms with Crippen LogP contribution in [0.2, 0.25) is 10.0 Å². The normalized spacial score (nSPS) is 19.3. The third kappa shape index (κ3) is 3.94. The summed E-state index contributed by atoms with van der Waals surface area (Å²) in [6, 6.07) is 5.46. The van der Waals surface area contributed by atoms with Crippen molar-refractivity contribution in [3.8, 4) is 11.4 Å². The number of nitrogen functional groups attached to an aromatic ring is 1. The number of fused-ring (bicyclic) bond motifs is 2. The predicted octanol–water partition coefficient (Wildman–Crippen LogP) is 4.19. The second kappa shape index (κ2) is 8.65. The molecule has 35 heavy (non-hydrogen) atoms. The minimum absolute atomic E-state index is 0.00288. The first kappa shape index (κ1) is 23.3. The lowest BCUT2D eigenvalue weighted by Crippen LogP contribution is -2.54. The van der Waals surface area contributed by atoms with E-state index in [1.165, 1.54) is 35.4 Å². The number of pyridine rings is 1. The maximum absolute atomic E-state index is 15.1. The topological polar surface area (TPSA) is 115 Å². The first-order chi connectivity index (χ1) is 16.7. The van der Waals surface area contributed by atoms with Crippen LogP contribution in [0, 0.1) is 11.6 Å². The van der Waals surface area contributed by atoms with E-state index in [0.717, 1.165) is 4.68 Å². The average Bonchev–Trinajstić information content (AvgIpc) is 3.10. The first-order valence-electron chi connectivity index (χ1n) is 10.6. The van der Waals surface area contributed by atoms with Crippen LogP contribution in [-0.4, -0.2) is 44.8 Å². The molecule has 1 spiro atoms. The molecule has 4 heterocycles. The van der Waals surface area contributed by atoms with Crippen molar-refractivity contribution in [1.82, 2.24) is 19.7 Å². The number of amides is 2. The van der Waals surface area contributed by atoms with E-state index in [4.69, 9.17) is 33.7 Å². The van der Waals surface area contributed by atoms with E-state index in [-0.39, 0.29) is 51.6 Å². The number of rotatable bonds is 3. The van der Waals surface area contributed by atoms with Gasteiger partial charge in [0.25, 0.3) is 0 Å². The molecule has 0 aliphatic carbocycles. The second-order valence-electron chi connectivity index (χ2n) is 8.25. The zero-order chi connectivity index (χ0) is 24.9. The van der Waals surface area contributed by atoms with Crippen LogP contribution < -0.4 is 11.1 Å². The molecule has 0 radical (unpaired) electrons. The number of nitrogens with two attached hydrogens (primary N) is 1. The summed E-state index contributed by atoms with van der Waals surface area (Å²) in [5.74, 6) is -1.83. The molecule has 3 N–H and O–H groups in total. The van der Waals surface area contributed by atoms with Gasteiger partial charge in [0.1, 0.15) is 28.8 Å². The number of piperidine rings is 1. The number of anilines is 2. The van der Waals surface area contributed by atoms with Gasteiger partial charge in [-0.3, -0.25) is 15.1 Å². The quantitative estimate of drug-likeness (QED) is 0.532. The number of nitrogens with zero attached hydrogens (tertiary/aromatic N) is 4. The Balaban J connectivity index is 1.43. The molecule has 3 aromatic rings. The molecule has 0 unspecified atom stereocenters. The lowest BCUT2D eigenvalue weighted by atomic mass is 9.83. The number of ether oxygens (including phenoxy) is 1. The van der Waals surface area contributed by atoms with E-state index in [9.17, 15) is 14.0 Å². The van der Waals surface area contributed by atoms with Gasteiger partial charge in [-0.25, -0.2) is 18.3 Å². The highest BCUT2D eigenvalue weighted by atomic mass is 35.5. The van der Waals surface area contributed by atoms with Gasteiger partial charge in [0.2, 0.25) is 5.91 Å². The van der Waals surface area contributed by atoms with Gasteiger partial charge >= 0.3 is 6.09 Å². The fraction of sp³-hybridized carbons (Fsp3) is 0.273. The van der Waals surface area contributed by atoms with Crippen LogP contribution in [0.1, 0.15) is 18.4 Å². The summed E-state index contributed by atoms with van der Waals surface area (Å²) in [4.78, 5) is 30.8. The molecule has 1 fully saturated rings. The molecule has 13 heteroatoms. The van der Waals surface area contributed by atoms with Crippen LogP contribution >= 0.6 is 23.2 Å². The van der Waals surface area contributed by atoms with Crippen LogP contribution in [0.4, 0.5) is 25.1 Å². The summed E-state index contributed by atoms with van der Waals surface area (Å²) in [6.45, 7) is -0.0903. The fourth-order valence-corrected chi connectivity index (χ4v) is 4.88. The summed E-state index contributed by atoms with van der Waals surface area (Å²) < 4.78 is 36.0. The Kier molecular flexibility index (Phi) is 5.76. The number of halogens is 4. The van der Waals surface area contributed by atoms with Gasteiger partial charge in [-0.05, 0) is 37.1 Å². The number of carbonyl (C=O) groups is 2. The van der Waals surface area contributed by atoms with Gasteiger partial charge < -0.3 is 15.4 Å². The van der Waals surface area contributed by atoms with Gasteiger partial charge in [0.05, 0.1) is 22.8 Å². The number of aromatic nitrogens is 3. The Bertz CT molecular complexity index is 1370. The van der Waals surface area contributed by atoms with Gasteiger partial charge in [-0.15, -0.1) is 0 Å². The fourth-order valence-electron chi connectivity index (χ4n) is 4.50. The summed E-state index contributed by atoms with van der Waals surface area (Å²) in [6.07, 6.45) is 1.36. The third-order valence-electron chi connectivity index (χ3n) is 6.08. The molecular formula is C22H18Cl2F2N6O3. The predicted molar refractivity (Wildman–Crippen MR) is 124 cm³/mol. The zero-order valence-electron chi connectivity index (χ0n) is 18.0. The minimum atomic E-state index is -1.41. The maximum atomic E-state index is 15.1. The number of hydrogen-bond donors (Lipinski definition) is 2. The minimum Gasteiger partial charge on any atom is -0.436 e. The van der Waals surface area contributed by atoms with Crippen molar-refractivity contribution in [2.24, 2.45) is 0 Å². The Morgan fingerprint density at radius 3 is 2.83 bits per heavy atom. The number of carbonyl (C=O) groups excluding carboxylic acids is 2. The van der Waals surface area contributed by atoms with E-state index in [2.05, 4.69) is 15.4 Å². The van der Waals surface area contributed by atoms with E-state index < -0.39 is 29.2 Å². The van der Waals surface area contributed by atoms with E-state index in [1.54, 1.807) is 0 Å². The molecule has 1 aromatic carbocycles. The Morgan fingerprint density at radius 2 is 2.06 bits per heavy atom. The standard InChI is InChI=1S/C22H18Cl2F2N6O3/c23-11-4-5-13-15(17(11)26)22(35-21(34)29-13)6-2-8-31(10-22)14(33)9-32-20(27)16(24)19(30-32)18-12(25)3-1-7-28-18/h1,3-5,7H,2,6,8-10,27H2,(H,29,34)/t22-/m0/s1. The highest BCUT2D eigenvalue weighted by Gasteiger charge is 2.48. The third-order valence-corrected chi connectivity index (χ3v) is 6.75. The average molecular weight is 523 g/mol. The molecule has 0 saturated carbocycles. The smallest absolute Gasteiger partial charge is 0.412 e. The highest BCUT2D eigenvalue weighted by Crippen LogP contribution is 2.45. The van der Waals surface area contributed by atoms with Crippen molar-refractivity contribution in [2.45, 2.75) is 25.0 Å². The lowest BCUT2D eigenvalue weighted by Gasteiger charge is -2.45. The van der Waals surface area contributed by atoms with Crippen LogP contribution in [0.15, 0.2) is 30.5 Å². The molecule has 2 amide bonds. The van der Waals surface area contributed by atoms with Crippen LogP contribution in [-0.2, 0) is 21.7 Å². The summed E-state index contributed by atoms with van der Waals surface area (Å²) >= 11 is 12.2. The molecule has 1 atom stereocenters. The molecule has 1 saturated heterocycles. The van der Waals surface area contributed by atoms with Crippen molar-refractivity contribution >= 4 is 46.7 Å². The van der Waals surface area contributed by atoms with Gasteiger partial charge in [0.15, 0.2) is 17.2 Å². The molecule has 2 aromatic heterocycles. The SMILES string of the molecule is Nc1c(Cl)c(-c2ncccc2F)nn1CC(=O)N1CCC[C@@]2(C1)OC(=O)Nc1ccc(Cl)c(F)c12. The van der Waals surface area contributed by atoms with Gasteiger partial charge in [0, 0.05) is 12.7 Å². The Morgan fingerprint density at radius 1 is 1.26 bits per heavy atom. The molecule has 0 bridgehead atoms. The molecule has 5 rings (SSSR count). The summed E-state index contributed by atoms with van der Waals surface area (Å²) in [5, 5.41) is 6.50. The summed E-state index contributed by atoms with van der Waals surface area (Å²) in [5.41, 5.74) is 4.86. The number of nitrogens with one attached hydrogen (secondary N) is 1. The molecular weight excluding hydrogens is 505 g/mol. The lowest BCUT2D eigenvalue weighted by molar-refractivity contribution is -0.140. The second-order valence-corrected chi connectivity index (χ2v) is 9.04. The van der Waals surface area contributed by atoms with Crippen molar-refractivity contribution < 1.29 is 23.1 Å². The van der Waals surface area contributed by atoms with E-state index >= 15 is 4.39 Å². The van der Waals surface area contributed by atoms with Crippen molar-refractivity contribution in [3.63, 3.8) is 0 Å². The van der Waals surface area contributed by atoms with Crippen LogP contribution in [0.5, 0.6) is 0 Å². The monoisotopic (exact) mass is 522 g/mol. The maximum Gasteiger partial charge on any atom is 0.412 e. The molecule has 2 aliphatic rings. The van der Waals surface area contributed by atoms with Crippen molar-refractivity contribution in [1.29, 1.82) is 0 Å². The highest BCUT2D eigenvalue weighted by molar-refractivity contribution is 6.35. The Labute approximate surface area is 207 Å². The summed E-state index contributed by atoms with van der Waals surface area (Å²) in [7, 11) is 0. The van der Waals surface area contributed by atoms with Crippen molar-refractivity contribution in [2.75, 3.05) is 24.1 Å². The Hall–Kier alpha value is -3.44. The number of benzene rings is 1. The van der Waals surface area contributed by atoms with Gasteiger partial charge in [-0.1, -0.05) is 23.2 Å². The number of likely N-dealkylation sites (tertiary alicyclic amines) is 1. The van der Waals surface area contributed by atoms with Gasteiger partial charge in [-0.2, -0.15) is 5.10 Å². The largest absolute Gasteiger partial charge is 0.436 e. The zero-order valence-corrected chi connectivity index (χ0v) is 19.5. The van der Waals surface area contributed by atoms with E-state index in [1.807, 2.05) is 0 Å². The number of hydrogen-bond acceptors (Lipinski definition) is 6.